The molecule has 0 spiro atoms. The highest BCUT2D eigenvalue weighted by molar-refractivity contribution is 4.60. The number of nitrogens with one attached hydrogen (secondary N) is 1. The first-order valence-electron chi connectivity index (χ1n) is 5.32. The Morgan fingerprint density at radius 1 is 1.38 bits per heavy atom. The van der Waals surface area contributed by atoms with Gasteiger partial charge in [-0.1, -0.05) is 6.92 Å². The Bertz CT molecular complexity index is 98.9. The number of hydrogen-bond donors (Lipinski definition) is 2. The maximum absolute atomic E-state index is 5.43. The lowest BCUT2D eigenvalue weighted by molar-refractivity contribution is 0.131. The highest BCUT2D eigenvalue weighted by Gasteiger charge is 1.97. The minimum atomic E-state index is 0.538. The van der Waals surface area contributed by atoms with E-state index in [-0.39, 0.29) is 0 Å². The minimum Gasteiger partial charge on any atom is -0.381 e. The van der Waals surface area contributed by atoms with Crippen molar-refractivity contribution in [2.75, 3.05) is 26.3 Å². The van der Waals surface area contributed by atoms with Gasteiger partial charge in [0.25, 0.3) is 0 Å². The van der Waals surface area contributed by atoms with Crippen molar-refractivity contribution in [2.45, 2.75) is 39.2 Å². The summed E-state index contributed by atoms with van der Waals surface area (Å²) in [6, 6.07) is 0.538. The van der Waals surface area contributed by atoms with Gasteiger partial charge in [0.2, 0.25) is 0 Å². The van der Waals surface area contributed by atoms with Gasteiger partial charge < -0.3 is 15.8 Å². The van der Waals surface area contributed by atoms with Gasteiger partial charge in [0, 0.05) is 19.3 Å². The molecule has 3 N–H and O–H groups in total. The van der Waals surface area contributed by atoms with Crippen molar-refractivity contribution in [1.29, 1.82) is 0 Å². The van der Waals surface area contributed by atoms with Crippen molar-refractivity contribution in [2.24, 2.45) is 5.73 Å². The van der Waals surface area contributed by atoms with E-state index in [9.17, 15) is 0 Å². The molecule has 0 aromatic heterocycles. The average molecular weight is 188 g/mol. The highest BCUT2D eigenvalue weighted by Crippen LogP contribution is 1.89. The maximum atomic E-state index is 5.43. The van der Waals surface area contributed by atoms with Crippen molar-refractivity contribution in [3.05, 3.63) is 0 Å². The monoisotopic (exact) mass is 188 g/mol. The number of ether oxygens (including phenoxy) is 1. The zero-order chi connectivity index (χ0) is 9.94. The van der Waals surface area contributed by atoms with E-state index in [1.807, 2.05) is 0 Å². The summed E-state index contributed by atoms with van der Waals surface area (Å²) < 4.78 is 5.36. The summed E-state index contributed by atoms with van der Waals surface area (Å²) in [5.41, 5.74) is 5.43. The molecule has 13 heavy (non-hydrogen) atoms. The van der Waals surface area contributed by atoms with Crippen LogP contribution in [0.2, 0.25) is 0 Å². The zero-order valence-electron chi connectivity index (χ0n) is 9.01. The van der Waals surface area contributed by atoms with Crippen LogP contribution in [0.3, 0.4) is 0 Å². The molecule has 0 saturated heterocycles. The minimum absolute atomic E-state index is 0.538. The largest absolute Gasteiger partial charge is 0.381 e. The fourth-order valence-corrected chi connectivity index (χ4v) is 1.12. The molecule has 0 aromatic carbocycles. The molecule has 0 rings (SSSR count). The molecule has 0 aromatic rings. The Morgan fingerprint density at radius 3 is 2.77 bits per heavy atom. The fourth-order valence-electron chi connectivity index (χ4n) is 1.12. The molecule has 3 nitrogen and oxygen atoms in total. The number of hydrogen-bond acceptors (Lipinski definition) is 3. The molecule has 0 amide bonds. The first kappa shape index (κ1) is 12.9. The predicted molar refractivity (Wildman–Crippen MR) is 56.9 cm³/mol. The van der Waals surface area contributed by atoms with Crippen LogP contribution in [0.4, 0.5) is 0 Å². The van der Waals surface area contributed by atoms with Crippen LogP contribution < -0.4 is 11.1 Å². The normalized spacial score (nSPS) is 13.2. The molecule has 80 valence electrons. The summed E-state index contributed by atoms with van der Waals surface area (Å²) in [5.74, 6) is 0. The summed E-state index contributed by atoms with van der Waals surface area (Å²) in [6.07, 6.45) is 3.25. The smallest absolute Gasteiger partial charge is 0.0478 e. The van der Waals surface area contributed by atoms with Crippen LogP contribution in [-0.2, 0) is 4.74 Å². The Hall–Kier alpha value is -0.120. The zero-order valence-corrected chi connectivity index (χ0v) is 9.01. The Kier molecular flexibility index (Phi) is 9.87. The molecule has 0 bridgehead atoms. The summed E-state index contributed by atoms with van der Waals surface area (Å²) in [4.78, 5) is 0. The molecule has 0 aliphatic carbocycles. The van der Waals surface area contributed by atoms with Gasteiger partial charge in [-0.15, -0.1) is 0 Å². The van der Waals surface area contributed by atoms with Gasteiger partial charge in [0.15, 0.2) is 0 Å². The highest BCUT2D eigenvalue weighted by atomic mass is 16.5. The second-order valence-corrected chi connectivity index (χ2v) is 3.40. The number of rotatable bonds is 9. The van der Waals surface area contributed by atoms with Crippen molar-refractivity contribution in [3.63, 3.8) is 0 Å². The van der Waals surface area contributed by atoms with Crippen molar-refractivity contribution in [3.8, 4) is 0 Å². The molecular weight excluding hydrogens is 164 g/mol. The molecule has 0 aliphatic rings. The topological polar surface area (TPSA) is 47.3 Å². The molecule has 3 heteroatoms. The second kappa shape index (κ2) is 9.96. The van der Waals surface area contributed by atoms with Gasteiger partial charge in [-0.3, -0.25) is 0 Å². The molecule has 1 unspecified atom stereocenters. The van der Waals surface area contributed by atoms with E-state index in [0.29, 0.717) is 6.04 Å². The van der Waals surface area contributed by atoms with Gasteiger partial charge in [0.05, 0.1) is 0 Å². The molecule has 0 radical (unpaired) electrons. The third kappa shape index (κ3) is 9.80. The van der Waals surface area contributed by atoms with Gasteiger partial charge in [-0.2, -0.15) is 0 Å². The van der Waals surface area contributed by atoms with Crippen LogP contribution in [0, 0.1) is 0 Å². The Morgan fingerprint density at radius 2 is 2.15 bits per heavy atom. The second-order valence-electron chi connectivity index (χ2n) is 3.40. The van der Waals surface area contributed by atoms with E-state index in [4.69, 9.17) is 10.5 Å². The SMILES string of the molecule is CCCOCCCNC(C)CCN. The Balaban J connectivity index is 2.97. The van der Waals surface area contributed by atoms with Crippen LogP contribution in [0.25, 0.3) is 0 Å². The van der Waals surface area contributed by atoms with Crippen LogP contribution in [0.5, 0.6) is 0 Å². The number of nitrogens with two attached hydrogens (primary N) is 1. The molecule has 0 saturated carbocycles. The first-order chi connectivity index (χ1) is 6.31. The molecule has 1 atom stereocenters. The quantitative estimate of drug-likeness (QED) is 0.533. The third-order valence-electron chi connectivity index (χ3n) is 1.91. The summed E-state index contributed by atoms with van der Waals surface area (Å²) in [7, 11) is 0. The van der Waals surface area contributed by atoms with Crippen molar-refractivity contribution >= 4 is 0 Å². The van der Waals surface area contributed by atoms with Gasteiger partial charge in [-0.05, 0) is 39.3 Å². The summed E-state index contributed by atoms with van der Waals surface area (Å²) >= 11 is 0. The van der Waals surface area contributed by atoms with E-state index in [2.05, 4.69) is 19.2 Å². The van der Waals surface area contributed by atoms with E-state index in [1.54, 1.807) is 0 Å². The molecule has 0 fully saturated rings. The lowest BCUT2D eigenvalue weighted by Crippen LogP contribution is -2.29. The van der Waals surface area contributed by atoms with Crippen LogP contribution >= 0.6 is 0 Å². The van der Waals surface area contributed by atoms with Crippen LogP contribution in [0.1, 0.15) is 33.1 Å². The third-order valence-corrected chi connectivity index (χ3v) is 1.91. The maximum Gasteiger partial charge on any atom is 0.0478 e. The fraction of sp³-hybridized carbons (Fsp3) is 1.00. The van der Waals surface area contributed by atoms with Crippen molar-refractivity contribution < 1.29 is 4.74 Å². The average Bonchev–Trinajstić information content (AvgIpc) is 2.11. The lowest BCUT2D eigenvalue weighted by Gasteiger charge is -2.12. The van der Waals surface area contributed by atoms with Gasteiger partial charge in [0.1, 0.15) is 0 Å². The summed E-state index contributed by atoms with van der Waals surface area (Å²) in [5, 5.41) is 3.40. The summed E-state index contributed by atoms with van der Waals surface area (Å²) in [6.45, 7) is 7.85. The first-order valence-corrected chi connectivity index (χ1v) is 5.32. The predicted octanol–water partition coefficient (Wildman–Crippen LogP) is 1.13. The Labute approximate surface area is 82.0 Å². The van der Waals surface area contributed by atoms with Gasteiger partial charge >= 0.3 is 0 Å². The van der Waals surface area contributed by atoms with E-state index >= 15 is 0 Å². The van der Waals surface area contributed by atoms with E-state index in [0.717, 1.165) is 45.6 Å². The van der Waals surface area contributed by atoms with E-state index < -0.39 is 0 Å². The van der Waals surface area contributed by atoms with E-state index in [1.165, 1.54) is 0 Å². The standard InChI is InChI=1S/C10H24N2O/c1-3-8-13-9-4-7-12-10(2)5-6-11/h10,12H,3-9,11H2,1-2H3. The van der Waals surface area contributed by atoms with Gasteiger partial charge in [-0.25, -0.2) is 0 Å². The lowest BCUT2D eigenvalue weighted by atomic mass is 10.2. The molecular formula is C10H24N2O. The van der Waals surface area contributed by atoms with Crippen LogP contribution in [0.15, 0.2) is 0 Å². The van der Waals surface area contributed by atoms with Crippen LogP contribution in [-0.4, -0.2) is 32.3 Å². The molecule has 0 heterocycles. The molecule has 0 aliphatic heterocycles. The van der Waals surface area contributed by atoms with Crippen molar-refractivity contribution in [1.82, 2.24) is 5.32 Å².